The maximum Gasteiger partial charge on any atom is 0.230 e. The molecular weight excluding hydrogens is 373 g/mol. The Bertz CT molecular complexity index is 968. The van der Waals surface area contributed by atoms with E-state index in [9.17, 15) is 9.18 Å². The van der Waals surface area contributed by atoms with Crippen molar-refractivity contribution in [1.82, 2.24) is 9.88 Å². The predicted octanol–water partition coefficient (Wildman–Crippen LogP) is 5.22. The van der Waals surface area contributed by atoms with Crippen molar-refractivity contribution < 1.29 is 9.18 Å². The number of nitrogens with zero attached hydrogens (tertiary/aromatic N) is 3. The van der Waals surface area contributed by atoms with Gasteiger partial charge in [-0.1, -0.05) is 24.3 Å². The molecule has 0 atom stereocenters. The molecule has 0 unspecified atom stereocenters. The third kappa shape index (κ3) is 4.64. The monoisotopic (exact) mass is 397 g/mol. The minimum atomic E-state index is -0.230. The lowest BCUT2D eigenvalue weighted by Crippen LogP contribution is -2.24. The van der Waals surface area contributed by atoms with Crippen molar-refractivity contribution in [2.24, 2.45) is 0 Å². The van der Waals surface area contributed by atoms with E-state index in [4.69, 9.17) is 4.98 Å². The molecule has 0 fully saturated rings. The molecule has 3 rings (SSSR count). The second kappa shape index (κ2) is 8.63. The fraction of sp³-hybridized carbons (Fsp3) is 0.273. The lowest BCUT2D eigenvalue weighted by atomic mass is 10.1. The van der Waals surface area contributed by atoms with Crippen LogP contribution >= 0.6 is 11.3 Å². The molecule has 0 radical (unpaired) electrons. The number of hydrogen-bond acceptors (Lipinski definition) is 4. The van der Waals surface area contributed by atoms with E-state index in [0.29, 0.717) is 18.2 Å². The molecule has 4 nitrogen and oxygen atoms in total. The van der Waals surface area contributed by atoms with Gasteiger partial charge in [0.25, 0.3) is 0 Å². The zero-order valence-corrected chi connectivity index (χ0v) is 17.4. The number of halogens is 1. The molecule has 1 aromatic heterocycles. The first-order valence-electron chi connectivity index (χ1n) is 9.09. The van der Waals surface area contributed by atoms with Crippen molar-refractivity contribution in [2.75, 3.05) is 11.9 Å². The second-order valence-electron chi connectivity index (χ2n) is 6.99. The molecule has 3 aromatic rings. The lowest BCUT2D eigenvalue weighted by molar-refractivity contribution is -0.115. The predicted molar refractivity (Wildman–Crippen MR) is 112 cm³/mol. The van der Waals surface area contributed by atoms with E-state index in [1.54, 1.807) is 24.0 Å². The van der Waals surface area contributed by atoms with Gasteiger partial charge in [0.2, 0.25) is 5.91 Å². The maximum atomic E-state index is 13.1. The van der Waals surface area contributed by atoms with Crippen LogP contribution in [0, 0.1) is 19.7 Å². The zero-order chi connectivity index (χ0) is 20.3. The van der Waals surface area contributed by atoms with E-state index in [1.165, 1.54) is 23.5 Å². The molecule has 6 heteroatoms. The molecule has 0 saturated heterocycles. The zero-order valence-electron chi connectivity index (χ0n) is 16.6. The van der Waals surface area contributed by atoms with E-state index in [0.717, 1.165) is 28.1 Å². The highest BCUT2D eigenvalue weighted by Gasteiger charge is 2.20. The Morgan fingerprint density at radius 2 is 1.82 bits per heavy atom. The van der Waals surface area contributed by atoms with Gasteiger partial charge in [0.15, 0.2) is 5.13 Å². The summed E-state index contributed by atoms with van der Waals surface area (Å²) >= 11 is 1.46. The smallest absolute Gasteiger partial charge is 0.230 e. The van der Waals surface area contributed by atoms with Crippen molar-refractivity contribution in [1.29, 1.82) is 0 Å². The van der Waals surface area contributed by atoms with E-state index < -0.39 is 0 Å². The summed E-state index contributed by atoms with van der Waals surface area (Å²) in [5.74, 6) is -0.291. The minimum Gasteiger partial charge on any atom is -0.296 e. The molecule has 28 heavy (non-hydrogen) atoms. The van der Waals surface area contributed by atoms with Crippen LogP contribution in [0.4, 0.5) is 15.2 Å². The van der Waals surface area contributed by atoms with Crippen molar-refractivity contribution in [3.05, 3.63) is 76.0 Å². The molecule has 146 valence electrons. The number of benzene rings is 2. The topological polar surface area (TPSA) is 36.4 Å². The van der Waals surface area contributed by atoms with Gasteiger partial charge < -0.3 is 0 Å². The summed E-state index contributed by atoms with van der Waals surface area (Å²) in [5, 5.41) is 2.66. The summed E-state index contributed by atoms with van der Waals surface area (Å²) in [7, 11) is 2.00. The molecule has 1 amide bonds. The van der Waals surface area contributed by atoms with Crippen LogP contribution in [0.3, 0.4) is 0 Å². The average Bonchev–Trinajstić information content (AvgIpc) is 3.08. The molecule has 0 aliphatic rings. The van der Waals surface area contributed by atoms with E-state index in [2.05, 4.69) is 4.90 Å². The highest BCUT2D eigenvalue weighted by molar-refractivity contribution is 7.14. The Hall–Kier alpha value is -2.57. The fourth-order valence-corrected chi connectivity index (χ4v) is 3.96. The van der Waals surface area contributed by atoms with E-state index in [1.807, 2.05) is 44.5 Å². The Morgan fingerprint density at radius 1 is 1.11 bits per heavy atom. The quantitative estimate of drug-likeness (QED) is 0.572. The van der Waals surface area contributed by atoms with Crippen molar-refractivity contribution in [2.45, 2.75) is 33.9 Å². The van der Waals surface area contributed by atoms with Crippen molar-refractivity contribution in [3.8, 4) is 0 Å². The Labute approximate surface area is 169 Å². The standard InChI is InChI=1S/C22H24FN3OS/c1-15-6-5-7-21(16(15)2)26(17(3)27)22-24-20(14-28-22)13-25(4)12-18-8-10-19(23)11-9-18/h5-11,14H,12-13H2,1-4H3. The summed E-state index contributed by atoms with van der Waals surface area (Å²) < 4.78 is 13.1. The number of carbonyl (C=O) groups is 1. The fourth-order valence-electron chi connectivity index (χ4n) is 3.09. The van der Waals surface area contributed by atoms with Crippen LogP contribution in [0.2, 0.25) is 0 Å². The summed E-state index contributed by atoms with van der Waals surface area (Å²) in [5.41, 5.74) is 5.02. The Morgan fingerprint density at radius 3 is 2.50 bits per heavy atom. The molecular formula is C22H24FN3OS. The summed E-state index contributed by atoms with van der Waals surface area (Å²) in [6, 6.07) is 12.5. The maximum absolute atomic E-state index is 13.1. The van der Waals surface area contributed by atoms with Crippen molar-refractivity contribution >= 4 is 28.1 Å². The average molecular weight is 398 g/mol. The SMILES string of the molecule is CC(=O)N(c1nc(CN(C)Cc2ccc(F)cc2)cs1)c1cccc(C)c1C. The van der Waals surface area contributed by atoms with Crippen LogP contribution in [-0.2, 0) is 17.9 Å². The Balaban J connectivity index is 1.76. The summed E-state index contributed by atoms with van der Waals surface area (Å²) in [6.45, 7) is 6.96. The van der Waals surface area contributed by atoms with Gasteiger partial charge in [-0.25, -0.2) is 9.37 Å². The molecule has 0 saturated carbocycles. The molecule has 0 aliphatic heterocycles. The van der Waals surface area contributed by atoms with Gasteiger partial charge >= 0.3 is 0 Å². The molecule has 2 aromatic carbocycles. The number of aryl methyl sites for hydroxylation is 1. The van der Waals surface area contributed by atoms with Crippen LogP contribution in [0.5, 0.6) is 0 Å². The number of aromatic nitrogens is 1. The van der Waals surface area contributed by atoms with Gasteiger partial charge in [-0.3, -0.25) is 14.6 Å². The number of rotatable bonds is 6. The van der Waals surface area contributed by atoms with Crippen LogP contribution in [0.1, 0.15) is 29.3 Å². The van der Waals surface area contributed by atoms with Crippen LogP contribution < -0.4 is 4.90 Å². The van der Waals surface area contributed by atoms with Crippen molar-refractivity contribution in [3.63, 3.8) is 0 Å². The van der Waals surface area contributed by atoms with Crippen LogP contribution in [0.15, 0.2) is 47.8 Å². The molecule has 0 N–H and O–H groups in total. The first-order chi connectivity index (χ1) is 13.3. The number of carbonyl (C=O) groups excluding carboxylic acids is 1. The van der Waals surface area contributed by atoms with E-state index in [-0.39, 0.29) is 11.7 Å². The molecule has 0 spiro atoms. The number of thiazole rings is 1. The largest absolute Gasteiger partial charge is 0.296 e. The summed E-state index contributed by atoms with van der Waals surface area (Å²) in [6.07, 6.45) is 0. The molecule has 1 heterocycles. The third-order valence-corrected chi connectivity index (χ3v) is 5.54. The van der Waals surface area contributed by atoms with Gasteiger partial charge in [0.05, 0.1) is 11.4 Å². The third-order valence-electron chi connectivity index (χ3n) is 4.66. The van der Waals surface area contributed by atoms with Crippen LogP contribution in [-0.4, -0.2) is 22.8 Å². The van der Waals surface area contributed by atoms with Gasteiger partial charge in [-0.05, 0) is 55.8 Å². The van der Waals surface area contributed by atoms with Gasteiger partial charge in [-0.2, -0.15) is 0 Å². The first-order valence-corrected chi connectivity index (χ1v) is 9.97. The number of hydrogen-bond donors (Lipinski definition) is 0. The number of amides is 1. The number of anilines is 2. The molecule has 0 bridgehead atoms. The van der Waals surface area contributed by atoms with Crippen LogP contribution in [0.25, 0.3) is 0 Å². The second-order valence-corrected chi connectivity index (χ2v) is 7.83. The lowest BCUT2D eigenvalue weighted by Gasteiger charge is -2.21. The highest BCUT2D eigenvalue weighted by Crippen LogP contribution is 2.32. The first kappa shape index (κ1) is 20.2. The van der Waals surface area contributed by atoms with Gasteiger partial charge in [-0.15, -0.1) is 11.3 Å². The van der Waals surface area contributed by atoms with Gasteiger partial charge in [0.1, 0.15) is 5.82 Å². The highest BCUT2D eigenvalue weighted by atomic mass is 32.1. The van der Waals surface area contributed by atoms with E-state index >= 15 is 0 Å². The van der Waals surface area contributed by atoms with Gasteiger partial charge in [0, 0.05) is 25.4 Å². The Kier molecular flexibility index (Phi) is 6.21. The minimum absolute atomic E-state index is 0.0609. The summed E-state index contributed by atoms with van der Waals surface area (Å²) in [4.78, 5) is 20.8. The normalized spacial score (nSPS) is 11.1. The molecule has 0 aliphatic carbocycles.